The minimum atomic E-state index is -1.03. The number of carbonyl (C=O) groups is 1. The highest BCUT2D eigenvalue weighted by atomic mass is 19.1. The SMILES string of the molecule is Cc1cc(COc2c(F)cc(CCC(=O)O)cc2F)n(-c2ccccc2)n1. The average Bonchev–Trinajstić information content (AvgIpc) is 3.00. The van der Waals surface area contributed by atoms with Gasteiger partial charge in [0.15, 0.2) is 17.4 Å². The molecule has 1 heterocycles. The lowest BCUT2D eigenvalue weighted by Crippen LogP contribution is -2.07. The van der Waals surface area contributed by atoms with Crippen LogP contribution in [-0.4, -0.2) is 20.9 Å². The number of hydrogen-bond donors (Lipinski definition) is 1. The number of hydrogen-bond acceptors (Lipinski definition) is 3. The number of aliphatic carboxylic acids is 1. The first kappa shape index (κ1) is 18.6. The van der Waals surface area contributed by atoms with Crippen LogP contribution >= 0.6 is 0 Å². The molecule has 27 heavy (non-hydrogen) atoms. The Balaban J connectivity index is 1.79. The summed E-state index contributed by atoms with van der Waals surface area (Å²) in [7, 11) is 0. The number of carboxylic acids is 1. The van der Waals surface area contributed by atoms with Crippen LogP contribution in [0.25, 0.3) is 5.69 Å². The number of carboxylic acid groups (broad SMARTS) is 1. The van der Waals surface area contributed by atoms with Crippen LogP contribution in [-0.2, 0) is 17.8 Å². The van der Waals surface area contributed by atoms with Crippen LogP contribution in [0.1, 0.15) is 23.4 Å². The summed E-state index contributed by atoms with van der Waals surface area (Å²) in [5, 5.41) is 13.1. The molecule has 3 aromatic rings. The third-order valence-electron chi connectivity index (χ3n) is 3.96. The smallest absolute Gasteiger partial charge is 0.303 e. The van der Waals surface area contributed by atoms with E-state index in [0.29, 0.717) is 5.69 Å². The van der Waals surface area contributed by atoms with E-state index in [1.165, 1.54) is 0 Å². The van der Waals surface area contributed by atoms with Crippen LogP contribution in [0.15, 0.2) is 48.5 Å². The quantitative estimate of drug-likeness (QED) is 0.679. The lowest BCUT2D eigenvalue weighted by molar-refractivity contribution is -0.136. The molecule has 140 valence electrons. The maximum Gasteiger partial charge on any atom is 0.303 e. The van der Waals surface area contributed by atoms with Gasteiger partial charge >= 0.3 is 5.97 Å². The van der Waals surface area contributed by atoms with Crippen LogP contribution in [0.3, 0.4) is 0 Å². The zero-order valence-electron chi connectivity index (χ0n) is 14.7. The molecule has 0 aliphatic carbocycles. The molecule has 0 unspecified atom stereocenters. The molecular formula is C20H18F2N2O3. The topological polar surface area (TPSA) is 64.3 Å². The van der Waals surface area contributed by atoms with Crippen molar-refractivity contribution in [3.63, 3.8) is 0 Å². The van der Waals surface area contributed by atoms with Gasteiger partial charge in [-0.25, -0.2) is 13.5 Å². The molecule has 2 aromatic carbocycles. The highest BCUT2D eigenvalue weighted by molar-refractivity contribution is 5.67. The highest BCUT2D eigenvalue weighted by Gasteiger charge is 2.15. The molecule has 5 nitrogen and oxygen atoms in total. The van der Waals surface area contributed by atoms with E-state index in [1.807, 2.05) is 37.3 Å². The summed E-state index contributed by atoms with van der Waals surface area (Å²) in [6.07, 6.45) is -0.155. The molecule has 0 saturated carbocycles. The van der Waals surface area contributed by atoms with Crippen molar-refractivity contribution in [2.24, 2.45) is 0 Å². The fourth-order valence-corrected chi connectivity index (χ4v) is 2.74. The van der Waals surface area contributed by atoms with Gasteiger partial charge in [-0.15, -0.1) is 0 Å². The maximum atomic E-state index is 14.2. The minimum absolute atomic E-state index is 0.0451. The predicted octanol–water partition coefficient (Wildman–Crippen LogP) is 4.06. The van der Waals surface area contributed by atoms with E-state index >= 15 is 0 Å². The van der Waals surface area contributed by atoms with Gasteiger partial charge in [0.05, 0.1) is 17.1 Å². The zero-order valence-corrected chi connectivity index (χ0v) is 14.7. The van der Waals surface area contributed by atoms with Gasteiger partial charge in [-0.1, -0.05) is 18.2 Å². The number of aromatic nitrogens is 2. The van der Waals surface area contributed by atoms with Crippen molar-refractivity contribution in [3.05, 3.63) is 77.1 Å². The van der Waals surface area contributed by atoms with Crippen molar-refractivity contribution in [1.29, 1.82) is 0 Å². The summed E-state index contributed by atoms with van der Waals surface area (Å²) in [5.74, 6) is -3.25. The molecule has 0 radical (unpaired) electrons. The Morgan fingerprint density at radius 1 is 1.15 bits per heavy atom. The number of aryl methyl sites for hydroxylation is 2. The largest absolute Gasteiger partial charge is 0.481 e. The number of halogens is 2. The molecule has 0 spiro atoms. The van der Waals surface area contributed by atoms with Crippen molar-refractivity contribution in [3.8, 4) is 11.4 Å². The van der Waals surface area contributed by atoms with Crippen molar-refractivity contribution < 1.29 is 23.4 Å². The van der Waals surface area contributed by atoms with Crippen LogP contribution in [0.5, 0.6) is 5.75 Å². The molecular weight excluding hydrogens is 354 g/mol. The molecule has 0 amide bonds. The van der Waals surface area contributed by atoms with Gasteiger partial charge in [0.1, 0.15) is 6.61 Å². The Kier molecular flexibility index (Phi) is 5.49. The molecule has 0 bridgehead atoms. The second-order valence-electron chi connectivity index (χ2n) is 6.10. The zero-order chi connectivity index (χ0) is 19.4. The van der Waals surface area contributed by atoms with Gasteiger partial charge in [0.25, 0.3) is 0 Å². The lowest BCUT2D eigenvalue weighted by Gasteiger charge is -2.11. The third-order valence-corrected chi connectivity index (χ3v) is 3.96. The highest BCUT2D eigenvalue weighted by Crippen LogP contribution is 2.25. The monoisotopic (exact) mass is 372 g/mol. The Morgan fingerprint density at radius 3 is 2.44 bits per heavy atom. The van der Waals surface area contributed by atoms with Crippen molar-refractivity contribution >= 4 is 5.97 Å². The molecule has 0 atom stereocenters. The molecule has 0 aliphatic rings. The van der Waals surface area contributed by atoms with Gasteiger partial charge in [-0.2, -0.15) is 5.10 Å². The predicted molar refractivity (Wildman–Crippen MR) is 94.9 cm³/mol. The third kappa shape index (κ3) is 4.49. The Hall–Kier alpha value is -3.22. The first-order chi connectivity index (χ1) is 12.9. The summed E-state index contributed by atoms with van der Waals surface area (Å²) in [6, 6.07) is 13.3. The second kappa shape index (κ2) is 7.99. The van der Waals surface area contributed by atoms with Crippen molar-refractivity contribution in [2.45, 2.75) is 26.4 Å². The average molecular weight is 372 g/mol. The van der Waals surface area contributed by atoms with Gasteiger partial charge in [-0.3, -0.25) is 4.79 Å². The normalized spacial score (nSPS) is 10.8. The summed E-state index contributed by atoms with van der Waals surface area (Å²) >= 11 is 0. The number of rotatable bonds is 7. The van der Waals surface area contributed by atoms with E-state index in [0.717, 1.165) is 23.5 Å². The molecule has 0 fully saturated rings. The molecule has 1 aromatic heterocycles. The van der Waals surface area contributed by atoms with E-state index in [4.69, 9.17) is 9.84 Å². The number of para-hydroxylation sites is 1. The molecule has 0 saturated heterocycles. The number of nitrogens with zero attached hydrogens (tertiary/aromatic N) is 2. The summed E-state index contributed by atoms with van der Waals surface area (Å²) < 4.78 is 35.5. The van der Waals surface area contributed by atoms with E-state index in [2.05, 4.69) is 5.10 Å². The molecule has 7 heteroatoms. The first-order valence-electron chi connectivity index (χ1n) is 8.37. The van der Waals surface area contributed by atoms with Gasteiger partial charge in [-0.05, 0) is 49.2 Å². The summed E-state index contributed by atoms with van der Waals surface area (Å²) in [5.41, 5.74) is 2.48. The number of ether oxygens (including phenoxy) is 1. The summed E-state index contributed by atoms with van der Waals surface area (Å²) in [6.45, 7) is 1.75. The fraction of sp³-hybridized carbons (Fsp3) is 0.200. The standard InChI is InChI=1S/C20H18F2N2O3/c1-13-9-16(24(23-13)15-5-3-2-4-6-15)12-27-20-17(21)10-14(11-18(20)22)7-8-19(25)26/h2-6,9-11H,7-8,12H2,1H3,(H,25,26). The maximum absolute atomic E-state index is 14.2. The van der Waals surface area contributed by atoms with Crippen molar-refractivity contribution in [1.82, 2.24) is 9.78 Å². The molecule has 3 rings (SSSR count). The Labute approximate surface area is 154 Å². The lowest BCUT2D eigenvalue weighted by atomic mass is 10.1. The van der Waals surface area contributed by atoms with E-state index in [9.17, 15) is 13.6 Å². The first-order valence-corrected chi connectivity index (χ1v) is 8.37. The van der Waals surface area contributed by atoms with E-state index < -0.39 is 23.4 Å². The fourth-order valence-electron chi connectivity index (χ4n) is 2.74. The van der Waals surface area contributed by atoms with Crippen molar-refractivity contribution in [2.75, 3.05) is 0 Å². The minimum Gasteiger partial charge on any atom is -0.481 e. The second-order valence-corrected chi connectivity index (χ2v) is 6.10. The van der Waals surface area contributed by atoms with Crippen LogP contribution in [0.2, 0.25) is 0 Å². The molecule has 0 aliphatic heterocycles. The van der Waals surface area contributed by atoms with Crippen LogP contribution in [0, 0.1) is 18.6 Å². The summed E-state index contributed by atoms with van der Waals surface area (Å²) in [4.78, 5) is 10.6. The molecule has 1 N–H and O–H groups in total. The van der Waals surface area contributed by atoms with Gasteiger partial charge < -0.3 is 9.84 Å². The van der Waals surface area contributed by atoms with E-state index in [-0.39, 0.29) is 25.0 Å². The van der Waals surface area contributed by atoms with Crippen LogP contribution < -0.4 is 4.74 Å². The van der Waals surface area contributed by atoms with Gasteiger partial charge in [0, 0.05) is 6.42 Å². The number of benzene rings is 2. The Morgan fingerprint density at radius 2 is 1.81 bits per heavy atom. The Bertz CT molecular complexity index is 932. The van der Waals surface area contributed by atoms with E-state index in [1.54, 1.807) is 10.7 Å². The van der Waals surface area contributed by atoms with Gasteiger partial charge in [0.2, 0.25) is 0 Å². The van der Waals surface area contributed by atoms with Crippen LogP contribution in [0.4, 0.5) is 8.78 Å².